The molecule has 5 aromatic rings. The lowest BCUT2D eigenvalue weighted by molar-refractivity contribution is -0.173. The molecule has 1 aromatic heterocycles. The van der Waals surface area contributed by atoms with Crippen molar-refractivity contribution in [3.05, 3.63) is 118 Å². The molecular weight excluding hydrogens is 811 g/mol. The molecule has 10 rings (SSSR count). The van der Waals surface area contributed by atoms with Crippen molar-refractivity contribution in [3.63, 3.8) is 0 Å². The van der Waals surface area contributed by atoms with Crippen LogP contribution in [-0.4, -0.2) is 79.1 Å². The third-order valence-corrected chi connectivity index (χ3v) is 13.4. The van der Waals surface area contributed by atoms with E-state index in [4.69, 9.17) is 23.9 Å². The summed E-state index contributed by atoms with van der Waals surface area (Å²) >= 11 is 0. The number of nitrogens with one attached hydrogen (secondary N) is 2. The maximum atomic E-state index is 14.2. The minimum Gasteiger partial charge on any atom is -0.504 e. The van der Waals surface area contributed by atoms with Crippen LogP contribution in [0.4, 0.5) is 15.3 Å². The Balaban J connectivity index is 1.03. The summed E-state index contributed by atoms with van der Waals surface area (Å²) in [6, 6.07) is 26.5. The number of phenols is 1. The molecule has 13 heteroatoms. The number of aliphatic imine (C=N–C) groups is 1. The molecule has 13 nitrogen and oxygen atoms in total. The standard InChI is InChI=1S/C51H57N5O8/c1-48(2,3)63-46(58)54-45(56(47(59)64-49(4,5)6)28-31-14-18-35(19-15-31)61-29-32-10-8-7-9-11-32)52-34-17-20-38-36(25-34)37-26-51(60)40-24-33-16-21-39(57)43-41(33)50(51,44(62-43)42(37)53-38)22-23-55(40)27-30-12-13-30/h7-11,14-21,25,30,40,44,53,57,60H,12-13,22-24,26-29H2,1-6H3,(H,52,54,58)/t40-,44+,50+,51-/m1/s1. The van der Waals surface area contributed by atoms with Gasteiger partial charge in [0.15, 0.2) is 17.6 Å². The van der Waals surface area contributed by atoms with Gasteiger partial charge in [0.05, 0.1) is 28.9 Å². The highest BCUT2D eigenvalue weighted by molar-refractivity contribution is 6.03. The summed E-state index contributed by atoms with van der Waals surface area (Å²) in [5, 5.41) is 28.2. The fourth-order valence-corrected chi connectivity index (χ4v) is 10.5. The number of alkyl carbamates (subject to hydrolysis) is 1. The predicted octanol–water partition coefficient (Wildman–Crippen LogP) is 9.10. The number of hydrogen-bond acceptors (Lipinski definition) is 10. The summed E-state index contributed by atoms with van der Waals surface area (Å²) < 4.78 is 24.5. The van der Waals surface area contributed by atoms with E-state index in [9.17, 15) is 19.8 Å². The Hall–Kier alpha value is -6.05. The molecule has 4 N–H and O–H groups in total. The molecule has 5 aliphatic rings. The van der Waals surface area contributed by atoms with E-state index in [0.717, 1.165) is 57.5 Å². The second-order valence-corrected chi connectivity index (χ2v) is 20.2. The lowest BCUT2D eigenvalue weighted by Crippen LogP contribution is -2.74. The summed E-state index contributed by atoms with van der Waals surface area (Å²) in [5.74, 6) is 1.78. The first kappa shape index (κ1) is 41.9. The molecule has 3 heterocycles. The van der Waals surface area contributed by atoms with Crippen LogP contribution < -0.4 is 14.8 Å². The molecule has 64 heavy (non-hydrogen) atoms. The van der Waals surface area contributed by atoms with Crippen LogP contribution in [0.3, 0.4) is 0 Å². The minimum absolute atomic E-state index is 0.00736. The Kier molecular flexibility index (Phi) is 10.0. The highest BCUT2D eigenvalue weighted by Crippen LogP contribution is 2.69. The number of nitrogens with zero attached hydrogens (tertiary/aromatic N) is 3. The SMILES string of the molecule is CC(C)(C)OC(=O)NC(=Nc1ccc2[nH]c3c(c2c1)C[C@@]1(O)[C@H]2Cc4ccc(O)c5c4[C@@]1(CCN2CC1CC1)[C@H]3O5)N(Cc1ccc(OCc2ccccc2)cc1)C(=O)OC(C)(C)C. The number of benzene rings is 4. The van der Waals surface area contributed by atoms with Crippen LogP contribution in [0.2, 0.25) is 0 Å². The Labute approximate surface area is 373 Å². The number of aromatic amines is 1. The Bertz CT molecular complexity index is 2660. The molecule has 2 amide bonds. The molecule has 3 aliphatic carbocycles. The van der Waals surface area contributed by atoms with E-state index < -0.39 is 40.5 Å². The molecule has 4 aromatic carbocycles. The number of aromatic nitrogens is 1. The van der Waals surface area contributed by atoms with Crippen LogP contribution >= 0.6 is 0 Å². The highest BCUT2D eigenvalue weighted by Gasteiger charge is 2.73. The van der Waals surface area contributed by atoms with Crippen LogP contribution in [0.25, 0.3) is 10.9 Å². The number of likely N-dealkylation sites (tertiary alicyclic amines) is 1. The summed E-state index contributed by atoms with van der Waals surface area (Å²) in [7, 11) is 0. The molecule has 4 atom stereocenters. The molecular formula is C51H57N5O8. The summed E-state index contributed by atoms with van der Waals surface area (Å²) in [5.41, 5.74) is 3.29. The number of aromatic hydroxyl groups is 1. The number of carbonyl (C=O) groups excluding carboxylic acids is 2. The molecule has 334 valence electrons. The number of hydrogen-bond donors (Lipinski definition) is 4. The third-order valence-electron chi connectivity index (χ3n) is 13.4. The lowest BCUT2D eigenvalue weighted by Gasteiger charge is -2.62. The van der Waals surface area contributed by atoms with Crippen LogP contribution in [-0.2, 0) is 40.9 Å². The number of rotatable bonds is 8. The van der Waals surface area contributed by atoms with Gasteiger partial charge in [-0.2, -0.15) is 0 Å². The van der Waals surface area contributed by atoms with Crippen molar-refractivity contribution >= 4 is 34.7 Å². The van der Waals surface area contributed by atoms with Crippen LogP contribution in [0.15, 0.2) is 89.9 Å². The zero-order valence-electron chi connectivity index (χ0n) is 37.4. The lowest BCUT2D eigenvalue weighted by atomic mass is 9.49. The number of carbonyl (C=O) groups is 2. The van der Waals surface area contributed by atoms with E-state index >= 15 is 0 Å². The van der Waals surface area contributed by atoms with Gasteiger partial charge in [-0.25, -0.2) is 19.5 Å². The monoisotopic (exact) mass is 867 g/mol. The molecule has 2 bridgehead atoms. The van der Waals surface area contributed by atoms with Gasteiger partial charge in [0, 0.05) is 35.5 Å². The van der Waals surface area contributed by atoms with Crippen LogP contribution in [0.5, 0.6) is 17.2 Å². The van der Waals surface area contributed by atoms with E-state index in [1.807, 2.05) is 78.9 Å². The fraction of sp³-hybridized carbons (Fsp3) is 0.431. The number of amides is 2. The number of ether oxygens (including phenoxy) is 4. The number of fused-ring (bicyclic) bond motifs is 4. The largest absolute Gasteiger partial charge is 0.504 e. The Morgan fingerprint density at radius 2 is 1.70 bits per heavy atom. The van der Waals surface area contributed by atoms with Crippen molar-refractivity contribution < 1.29 is 38.7 Å². The summed E-state index contributed by atoms with van der Waals surface area (Å²) in [6.45, 7) is 12.8. The minimum atomic E-state index is -1.18. The summed E-state index contributed by atoms with van der Waals surface area (Å²) in [4.78, 5) is 40.2. The van der Waals surface area contributed by atoms with Crippen molar-refractivity contribution in [3.8, 4) is 17.2 Å². The Morgan fingerprint density at radius 3 is 2.42 bits per heavy atom. The van der Waals surface area contributed by atoms with Crippen molar-refractivity contribution in [1.82, 2.24) is 20.1 Å². The van der Waals surface area contributed by atoms with Crippen molar-refractivity contribution in [2.45, 2.75) is 121 Å². The van der Waals surface area contributed by atoms with Crippen molar-refractivity contribution in [1.29, 1.82) is 0 Å². The van der Waals surface area contributed by atoms with Gasteiger partial charge < -0.3 is 34.1 Å². The van der Waals surface area contributed by atoms with E-state index in [1.54, 1.807) is 47.6 Å². The number of aliphatic hydroxyl groups is 1. The van der Waals surface area contributed by atoms with E-state index in [0.29, 0.717) is 49.0 Å². The fourth-order valence-electron chi connectivity index (χ4n) is 10.5. The first-order chi connectivity index (χ1) is 30.5. The second-order valence-electron chi connectivity index (χ2n) is 20.2. The molecule has 2 aliphatic heterocycles. The number of H-pyrrole nitrogens is 1. The van der Waals surface area contributed by atoms with Gasteiger partial charge >= 0.3 is 12.2 Å². The molecule has 1 saturated heterocycles. The number of guanidine groups is 1. The topological polar surface area (TPSA) is 158 Å². The normalized spacial score (nSPS) is 23.5. The van der Waals surface area contributed by atoms with E-state index in [2.05, 4.69) is 15.2 Å². The highest BCUT2D eigenvalue weighted by atomic mass is 16.6. The van der Waals surface area contributed by atoms with E-state index in [-0.39, 0.29) is 24.3 Å². The van der Waals surface area contributed by atoms with Gasteiger partial charge in [-0.05, 0) is 138 Å². The average Bonchev–Trinajstić information content (AvgIpc) is 3.88. The van der Waals surface area contributed by atoms with Crippen LogP contribution in [0, 0.1) is 5.92 Å². The zero-order valence-corrected chi connectivity index (χ0v) is 37.4. The predicted molar refractivity (Wildman–Crippen MR) is 242 cm³/mol. The third kappa shape index (κ3) is 7.51. The van der Waals surface area contributed by atoms with Gasteiger partial charge in [0.25, 0.3) is 0 Å². The van der Waals surface area contributed by atoms with E-state index in [1.165, 1.54) is 17.7 Å². The van der Waals surface area contributed by atoms with Gasteiger partial charge in [-0.3, -0.25) is 10.2 Å². The molecule has 0 radical (unpaired) electrons. The summed E-state index contributed by atoms with van der Waals surface area (Å²) in [6.07, 6.45) is 2.11. The smallest absolute Gasteiger partial charge is 0.417 e. The molecule has 1 saturated carbocycles. The van der Waals surface area contributed by atoms with Gasteiger partial charge in [0.2, 0.25) is 5.96 Å². The molecule has 0 unspecified atom stereocenters. The van der Waals surface area contributed by atoms with Crippen LogP contribution in [0.1, 0.15) is 100 Å². The second kappa shape index (κ2) is 15.3. The Morgan fingerprint density at radius 1 is 0.953 bits per heavy atom. The maximum absolute atomic E-state index is 14.2. The number of phenolic OH excluding ortho intramolecular Hbond substituents is 1. The maximum Gasteiger partial charge on any atom is 0.417 e. The number of piperidine rings is 1. The van der Waals surface area contributed by atoms with Gasteiger partial charge in [0.1, 0.15) is 23.6 Å². The average molecular weight is 868 g/mol. The van der Waals surface area contributed by atoms with Crippen molar-refractivity contribution in [2.75, 3.05) is 13.1 Å². The molecule has 1 spiro atoms. The van der Waals surface area contributed by atoms with Gasteiger partial charge in [-0.1, -0.05) is 48.5 Å². The molecule has 2 fully saturated rings. The van der Waals surface area contributed by atoms with Gasteiger partial charge in [-0.15, -0.1) is 0 Å². The first-order valence-corrected chi connectivity index (χ1v) is 22.5. The van der Waals surface area contributed by atoms with Crippen molar-refractivity contribution in [2.24, 2.45) is 10.9 Å². The zero-order chi connectivity index (χ0) is 44.8. The first-order valence-electron chi connectivity index (χ1n) is 22.5. The quantitative estimate of drug-likeness (QED) is 0.0882.